The third kappa shape index (κ3) is 2.89. The molecule has 1 aromatic carbocycles. The van der Waals surface area contributed by atoms with Crippen LogP contribution in [0.4, 0.5) is 0 Å². The number of aromatic nitrogens is 5. The number of para-hydroxylation sites is 1. The summed E-state index contributed by atoms with van der Waals surface area (Å²) < 4.78 is 3.61. The van der Waals surface area contributed by atoms with E-state index in [1.165, 1.54) is 0 Å². The number of carbonyl (C=O) groups excluding carboxylic acids is 1. The molecule has 0 saturated carbocycles. The standard InChI is InChI=1S/C17H22N6O/c1-5-22-13(3)14(12(2)19-22)10-21(4)17(24)11-23-16-9-7-6-8-15(16)18-20-23/h6-9H,5,10-11H2,1-4H3. The lowest BCUT2D eigenvalue weighted by atomic mass is 10.2. The quantitative estimate of drug-likeness (QED) is 0.718. The van der Waals surface area contributed by atoms with E-state index in [9.17, 15) is 4.79 Å². The van der Waals surface area contributed by atoms with Gasteiger partial charge in [0.1, 0.15) is 12.1 Å². The van der Waals surface area contributed by atoms with Gasteiger partial charge in [-0.2, -0.15) is 5.10 Å². The van der Waals surface area contributed by atoms with E-state index in [2.05, 4.69) is 22.3 Å². The Balaban J connectivity index is 1.75. The van der Waals surface area contributed by atoms with E-state index in [-0.39, 0.29) is 12.5 Å². The number of rotatable bonds is 5. The fourth-order valence-corrected chi connectivity index (χ4v) is 2.88. The molecule has 0 atom stereocenters. The Morgan fingerprint density at radius 2 is 1.96 bits per heavy atom. The highest BCUT2D eigenvalue weighted by molar-refractivity contribution is 5.79. The van der Waals surface area contributed by atoms with Crippen molar-refractivity contribution in [3.8, 4) is 0 Å². The van der Waals surface area contributed by atoms with Gasteiger partial charge < -0.3 is 4.90 Å². The van der Waals surface area contributed by atoms with Crippen molar-refractivity contribution < 1.29 is 4.79 Å². The Labute approximate surface area is 140 Å². The Bertz CT molecular complexity index is 878. The molecule has 0 aliphatic carbocycles. The minimum atomic E-state index is -0.00583. The average molecular weight is 326 g/mol. The van der Waals surface area contributed by atoms with Crippen molar-refractivity contribution in [1.82, 2.24) is 29.7 Å². The summed E-state index contributed by atoms with van der Waals surface area (Å²) in [6.45, 7) is 7.64. The van der Waals surface area contributed by atoms with E-state index in [1.54, 1.807) is 9.58 Å². The van der Waals surface area contributed by atoms with Gasteiger partial charge in [0.05, 0.1) is 11.2 Å². The summed E-state index contributed by atoms with van der Waals surface area (Å²) in [7, 11) is 1.81. The SMILES string of the molecule is CCn1nc(C)c(CN(C)C(=O)Cn2nnc3ccccc32)c1C. The second kappa shape index (κ2) is 6.43. The number of fused-ring (bicyclic) bond motifs is 1. The highest BCUT2D eigenvalue weighted by atomic mass is 16.2. The highest BCUT2D eigenvalue weighted by Gasteiger charge is 2.17. The number of hydrogen-bond acceptors (Lipinski definition) is 4. The number of hydrogen-bond donors (Lipinski definition) is 0. The van der Waals surface area contributed by atoms with Crippen molar-refractivity contribution in [3.05, 3.63) is 41.2 Å². The molecule has 0 bridgehead atoms. The molecule has 3 aromatic rings. The third-order valence-corrected chi connectivity index (χ3v) is 4.36. The lowest BCUT2D eigenvalue weighted by Gasteiger charge is -2.17. The molecule has 7 nitrogen and oxygen atoms in total. The monoisotopic (exact) mass is 326 g/mol. The summed E-state index contributed by atoms with van der Waals surface area (Å²) in [6.07, 6.45) is 0. The summed E-state index contributed by atoms with van der Waals surface area (Å²) in [6, 6.07) is 7.63. The molecule has 3 rings (SSSR count). The first-order valence-electron chi connectivity index (χ1n) is 8.06. The van der Waals surface area contributed by atoms with Gasteiger partial charge in [0.25, 0.3) is 0 Å². The number of aryl methyl sites for hydroxylation is 2. The van der Waals surface area contributed by atoms with Gasteiger partial charge in [-0.25, -0.2) is 4.68 Å². The first kappa shape index (κ1) is 16.2. The van der Waals surface area contributed by atoms with E-state index < -0.39 is 0 Å². The lowest BCUT2D eigenvalue weighted by Crippen LogP contribution is -2.30. The molecule has 0 radical (unpaired) electrons. The van der Waals surface area contributed by atoms with Crippen LogP contribution < -0.4 is 0 Å². The molecule has 0 spiro atoms. The van der Waals surface area contributed by atoms with Crippen LogP contribution in [0.2, 0.25) is 0 Å². The molecule has 24 heavy (non-hydrogen) atoms. The van der Waals surface area contributed by atoms with Crippen LogP contribution in [0.1, 0.15) is 23.9 Å². The zero-order chi connectivity index (χ0) is 17.3. The van der Waals surface area contributed by atoms with E-state index in [0.29, 0.717) is 6.54 Å². The first-order chi connectivity index (χ1) is 11.5. The molecule has 2 heterocycles. The van der Waals surface area contributed by atoms with Crippen molar-refractivity contribution in [2.45, 2.75) is 40.4 Å². The number of nitrogens with zero attached hydrogens (tertiary/aromatic N) is 6. The molecule has 0 unspecified atom stereocenters. The molecule has 7 heteroatoms. The van der Waals surface area contributed by atoms with Gasteiger partial charge in [0, 0.05) is 31.4 Å². The largest absolute Gasteiger partial charge is 0.340 e. The van der Waals surface area contributed by atoms with Crippen molar-refractivity contribution in [3.63, 3.8) is 0 Å². The van der Waals surface area contributed by atoms with Gasteiger partial charge in [-0.05, 0) is 32.9 Å². The Morgan fingerprint density at radius 3 is 2.67 bits per heavy atom. The highest BCUT2D eigenvalue weighted by Crippen LogP contribution is 2.16. The van der Waals surface area contributed by atoms with E-state index in [0.717, 1.165) is 34.5 Å². The van der Waals surface area contributed by atoms with Crippen LogP contribution in [-0.2, 0) is 24.4 Å². The van der Waals surface area contributed by atoms with Crippen LogP contribution in [-0.4, -0.2) is 42.6 Å². The van der Waals surface area contributed by atoms with Crippen LogP contribution in [0.5, 0.6) is 0 Å². The van der Waals surface area contributed by atoms with Crippen molar-refractivity contribution in [1.29, 1.82) is 0 Å². The molecule has 0 aliphatic rings. The predicted molar refractivity (Wildman–Crippen MR) is 91.4 cm³/mol. The van der Waals surface area contributed by atoms with Gasteiger partial charge >= 0.3 is 0 Å². The average Bonchev–Trinajstić information content (AvgIpc) is 3.10. The molecule has 126 valence electrons. The maximum atomic E-state index is 12.6. The lowest BCUT2D eigenvalue weighted by molar-refractivity contribution is -0.131. The second-order valence-corrected chi connectivity index (χ2v) is 5.95. The maximum absolute atomic E-state index is 12.6. The van der Waals surface area contributed by atoms with Gasteiger partial charge in [-0.3, -0.25) is 9.48 Å². The van der Waals surface area contributed by atoms with E-state index in [4.69, 9.17) is 0 Å². The molecule has 1 amide bonds. The molecular formula is C17H22N6O. The van der Waals surface area contributed by atoms with E-state index in [1.807, 2.05) is 49.8 Å². The maximum Gasteiger partial charge on any atom is 0.244 e. The summed E-state index contributed by atoms with van der Waals surface area (Å²) in [5.74, 6) is -0.00583. The number of likely N-dealkylation sites (N-methyl/N-ethyl adjacent to an activating group) is 1. The van der Waals surface area contributed by atoms with Gasteiger partial charge in [0.15, 0.2) is 0 Å². The Morgan fingerprint density at radius 1 is 1.21 bits per heavy atom. The first-order valence-corrected chi connectivity index (χ1v) is 8.06. The Hall–Kier alpha value is -2.70. The smallest absolute Gasteiger partial charge is 0.244 e. The molecule has 0 aliphatic heterocycles. The molecule has 0 saturated heterocycles. The third-order valence-electron chi connectivity index (χ3n) is 4.36. The van der Waals surface area contributed by atoms with Crippen LogP contribution in [0.3, 0.4) is 0 Å². The van der Waals surface area contributed by atoms with E-state index >= 15 is 0 Å². The van der Waals surface area contributed by atoms with Gasteiger partial charge in [-0.15, -0.1) is 5.10 Å². The number of carbonyl (C=O) groups is 1. The Kier molecular flexibility index (Phi) is 4.33. The minimum absolute atomic E-state index is 0.00583. The summed E-state index contributed by atoms with van der Waals surface area (Å²) in [4.78, 5) is 14.3. The van der Waals surface area contributed by atoms with Gasteiger partial charge in [-0.1, -0.05) is 17.3 Å². The topological polar surface area (TPSA) is 68.8 Å². The number of benzene rings is 1. The minimum Gasteiger partial charge on any atom is -0.340 e. The molecule has 0 fully saturated rings. The molecule has 2 aromatic heterocycles. The fraction of sp³-hybridized carbons (Fsp3) is 0.412. The van der Waals surface area contributed by atoms with Crippen LogP contribution in [0, 0.1) is 13.8 Å². The van der Waals surface area contributed by atoms with Crippen molar-refractivity contribution >= 4 is 16.9 Å². The fourth-order valence-electron chi connectivity index (χ4n) is 2.88. The zero-order valence-corrected chi connectivity index (χ0v) is 14.5. The summed E-state index contributed by atoms with van der Waals surface area (Å²) >= 11 is 0. The van der Waals surface area contributed by atoms with Crippen LogP contribution >= 0.6 is 0 Å². The predicted octanol–water partition coefficient (Wildman–Crippen LogP) is 1.92. The molecule has 0 N–H and O–H groups in total. The van der Waals surface area contributed by atoms with Crippen molar-refractivity contribution in [2.75, 3.05) is 7.05 Å². The van der Waals surface area contributed by atoms with Crippen LogP contribution in [0.15, 0.2) is 24.3 Å². The molecular weight excluding hydrogens is 304 g/mol. The second-order valence-electron chi connectivity index (χ2n) is 5.95. The van der Waals surface area contributed by atoms with Crippen molar-refractivity contribution in [2.24, 2.45) is 0 Å². The number of amides is 1. The zero-order valence-electron chi connectivity index (χ0n) is 14.5. The van der Waals surface area contributed by atoms with Gasteiger partial charge in [0.2, 0.25) is 5.91 Å². The summed E-state index contributed by atoms with van der Waals surface area (Å²) in [5, 5.41) is 12.7. The van der Waals surface area contributed by atoms with Crippen LogP contribution in [0.25, 0.3) is 11.0 Å². The summed E-state index contributed by atoms with van der Waals surface area (Å²) in [5.41, 5.74) is 4.85. The normalized spacial score (nSPS) is 11.2.